The predicted octanol–water partition coefficient (Wildman–Crippen LogP) is 1.09. The Morgan fingerprint density at radius 3 is 2.57 bits per heavy atom. The number of anilines is 1. The van der Waals surface area contributed by atoms with Crippen LogP contribution in [0, 0.1) is 0 Å². The number of nitrogens with zero attached hydrogens (tertiary/aromatic N) is 3. The van der Waals surface area contributed by atoms with E-state index in [1.54, 1.807) is 6.33 Å². The largest absolute Gasteiger partial charge is 0.356 e. The predicted molar refractivity (Wildman–Crippen MR) is 81.7 cm³/mol. The number of aryl methyl sites for hydroxylation is 1. The van der Waals surface area contributed by atoms with Crippen LogP contribution >= 0.6 is 0 Å². The molecule has 1 aromatic heterocycles. The molecule has 116 valence electrons. The second kappa shape index (κ2) is 5.88. The Morgan fingerprint density at radius 1 is 1.24 bits per heavy atom. The highest BCUT2D eigenvalue weighted by Gasteiger charge is 2.37. The third-order valence-electron chi connectivity index (χ3n) is 4.18. The molecule has 1 aliphatic heterocycles. The lowest BCUT2D eigenvalue weighted by Gasteiger charge is -2.33. The summed E-state index contributed by atoms with van der Waals surface area (Å²) in [5.74, 6) is 0.949. The molecule has 1 saturated carbocycles. The lowest BCUT2D eigenvalue weighted by molar-refractivity contribution is 0.458. The van der Waals surface area contributed by atoms with E-state index in [0.29, 0.717) is 0 Å². The first-order valence-corrected chi connectivity index (χ1v) is 9.20. The van der Waals surface area contributed by atoms with Gasteiger partial charge in [0.05, 0.1) is 5.25 Å². The molecule has 2 aliphatic rings. The van der Waals surface area contributed by atoms with Crippen molar-refractivity contribution < 1.29 is 8.42 Å². The second-order valence-electron chi connectivity index (χ2n) is 5.84. The van der Waals surface area contributed by atoms with Crippen molar-refractivity contribution in [2.75, 3.05) is 18.0 Å². The summed E-state index contributed by atoms with van der Waals surface area (Å²) in [6.45, 7) is 3.74. The van der Waals surface area contributed by atoms with Crippen LogP contribution in [0.25, 0.3) is 0 Å². The van der Waals surface area contributed by atoms with E-state index in [0.717, 1.165) is 56.7 Å². The number of sulfonamides is 1. The number of hydrogen-bond donors (Lipinski definition) is 1. The molecule has 1 aromatic rings. The Morgan fingerprint density at radius 2 is 1.95 bits per heavy atom. The van der Waals surface area contributed by atoms with Crippen LogP contribution in [0.5, 0.6) is 0 Å². The number of aromatic nitrogens is 2. The molecular weight excluding hydrogens is 288 g/mol. The molecule has 0 atom stereocenters. The van der Waals surface area contributed by atoms with Crippen molar-refractivity contribution in [3.63, 3.8) is 0 Å². The molecule has 0 spiro atoms. The summed E-state index contributed by atoms with van der Waals surface area (Å²) in [5, 5.41) is -0.135. The molecule has 0 unspecified atom stereocenters. The number of piperidine rings is 1. The topological polar surface area (TPSA) is 75.2 Å². The lowest BCUT2D eigenvalue weighted by atomic mass is 10.1. The van der Waals surface area contributed by atoms with E-state index in [2.05, 4.69) is 26.5 Å². The van der Waals surface area contributed by atoms with Gasteiger partial charge >= 0.3 is 0 Å². The van der Waals surface area contributed by atoms with Gasteiger partial charge in [-0.1, -0.05) is 6.92 Å². The van der Waals surface area contributed by atoms with Gasteiger partial charge in [-0.15, -0.1) is 0 Å². The maximum Gasteiger partial charge on any atom is 0.214 e. The molecule has 2 fully saturated rings. The summed E-state index contributed by atoms with van der Waals surface area (Å²) < 4.78 is 26.8. The average Bonchev–Trinajstić information content (AvgIpc) is 3.33. The Labute approximate surface area is 126 Å². The van der Waals surface area contributed by atoms with Crippen molar-refractivity contribution in [2.24, 2.45) is 0 Å². The van der Waals surface area contributed by atoms with Crippen molar-refractivity contribution in [1.29, 1.82) is 0 Å². The number of rotatable bonds is 5. The maximum atomic E-state index is 12.0. The molecule has 0 radical (unpaired) electrons. The number of nitrogens with one attached hydrogen (secondary N) is 1. The highest BCUT2D eigenvalue weighted by Crippen LogP contribution is 2.28. The van der Waals surface area contributed by atoms with Crippen molar-refractivity contribution >= 4 is 15.8 Å². The first kappa shape index (κ1) is 14.7. The van der Waals surface area contributed by atoms with Crippen LogP contribution in [0.15, 0.2) is 12.4 Å². The first-order valence-electron chi connectivity index (χ1n) is 7.65. The standard InChI is InChI=1S/C14H22N4O2S/c1-2-11-9-14(16-10-15-11)18-7-5-12(6-8-18)17-21(19,20)13-3-4-13/h9-10,12-13,17H,2-8H2,1H3. The van der Waals surface area contributed by atoms with Gasteiger partial charge in [-0.3, -0.25) is 0 Å². The molecule has 0 amide bonds. The number of hydrogen-bond acceptors (Lipinski definition) is 5. The highest BCUT2D eigenvalue weighted by molar-refractivity contribution is 7.90. The summed E-state index contributed by atoms with van der Waals surface area (Å²) in [7, 11) is -3.07. The Kier molecular flexibility index (Phi) is 4.12. The van der Waals surface area contributed by atoms with Crippen molar-refractivity contribution in [3.8, 4) is 0 Å². The van der Waals surface area contributed by atoms with Gasteiger partial charge in [0.15, 0.2) is 0 Å². The SMILES string of the molecule is CCc1cc(N2CCC(NS(=O)(=O)C3CC3)CC2)ncn1. The molecule has 1 aliphatic carbocycles. The lowest BCUT2D eigenvalue weighted by Crippen LogP contribution is -2.45. The minimum Gasteiger partial charge on any atom is -0.356 e. The van der Waals surface area contributed by atoms with Gasteiger partial charge in [-0.25, -0.2) is 23.1 Å². The fourth-order valence-corrected chi connectivity index (χ4v) is 4.33. The summed E-state index contributed by atoms with van der Waals surface area (Å²) in [6, 6.07) is 2.09. The Hall–Kier alpha value is -1.21. The first-order chi connectivity index (χ1) is 10.1. The van der Waals surface area contributed by atoms with Crippen LogP contribution in [0.4, 0.5) is 5.82 Å². The molecule has 0 bridgehead atoms. The molecule has 3 rings (SSSR count). The van der Waals surface area contributed by atoms with Crippen molar-refractivity contribution in [2.45, 2.75) is 50.3 Å². The second-order valence-corrected chi connectivity index (χ2v) is 7.84. The molecule has 6 nitrogen and oxygen atoms in total. The van der Waals surface area contributed by atoms with Crippen LogP contribution < -0.4 is 9.62 Å². The summed E-state index contributed by atoms with van der Waals surface area (Å²) in [4.78, 5) is 10.7. The monoisotopic (exact) mass is 310 g/mol. The normalized spacial score (nSPS) is 20.7. The van der Waals surface area contributed by atoms with Gasteiger partial charge < -0.3 is 4.90 Å². The summed E-state index contributed by atoms with van der Waals surface area (Å²) in [6.07, 6.45) is 5.79. The van der Waals surface area contributed by atoms with E-state index in [4.69, 9.17) is 0 Å². The molecule has 2 heterocycles. The van der Waals surface area contributed by atoms with Gasteiger partial charge in [-0.2, -0.15) is 0 Å². The smallest absolute Gasteiger partial charge is 0.214 e. The molecule has 0 aromatic carbocycles. The molecule has 1 saturated heterocycles. The molecule has 1 N–H and O–H groups in total. The van der Waals surface area contributed by atoms with Crippen molar-refractivity contribution in [1.82, 2.24) is 14.7 Å². The van der Waals surface area contributed by atoms with Gasteiger partial charge in [0, 0.05) is 30.9 Å². The van der Waals surface area contributed by atoms with E-state index in [-0.39, 0.29) is 11.3 Å². The zero-order valence-corrected chi connectivity index (χ0v) is 13.1. The van der Waals surface area contributed by atoms with E-state index >= 15 is 0 Å². The minimum atomic E-state index is -3.07. The van der Waals surface area contributed by atoms with Gasteiger partial charge in [-0.05, 0) is 32.1 Å². The zero-order valence-electron chi connectivity index (χ0n) is 12.3. The van der Waals surface area contributed by atoms with Crippen LogP contribution in [-0.4, -0.2) is 42.8 Å². The maximum absolute atomic E-state index is 12.0. The van der Waals surface area contributed by atoms with E-state index in [1.165, 1.54) is 0 Å². The third kappa shape index (κ3) is 3.52. The summed E-state index contributed by atoms with van der Waals surface area (Å²) >= 11 is 0. The molecule has 21 heavy (non-hydrogen) atoms. The third-order valence-corrected chi connectivity index (χ3v) is 6.20. The fraction of sp³-hybridized carbons (Fsp3) is 0.714. The van der Waals surface area contributed by atoms with Crippen molar-refractivity contribution in [3.05, 3.63) is 18.1 Å². The zero-order chi connectivity index (χ0) is 14.9. The highest BCUT2D eigenvalue weighted by atomic mass is 32.2. The molecule has 7 heteroatoms. The van der Waals surface area contributed by atoms with E-state index in [1.807, 2.05) is 6.07 Å². The van der Waals surface area contributed by atoms with Gasteiger partial charge in [0.1, 0.15) is 12.1 Å². The van der Waals surface area contributed by atoms with Crippen LogP contribution in [0.1, 0.15) is 38.3 Å². The van der Waals surface area contributed by atoms with Gasteiger partial charge in [0.2, 0.25) is 10.0 Å². The van der Waals surface area contributed by atoms with Crippen LogP contribution in [0.3, 0.4) is 0 Å². The Bertz CT molecular complexity index is 593. The van der Waals surface area contributed by atoms with E-state index in [9.17, 15) is 8.42 Å². The fourth-order valence-electron chi connectivity index (χ4n) is 2.69. The average molecular weight is 310 g/mol. The Balaban J connectivity index is 1.57. The molecular formula is C14H22N4O2S. The van der Waals surface area contributed by atoms with E-state index < -0.39 is 10.0 Å². The summed E-state index contributed by atoms with van der Waals surface area (Å²) in [5.41, 5.74) is 1.04. The quantitative estimate of drug-likeness (QED) is 0.881. The van der Waals surface area contributed by atoms with Crippen LogP contribution in [-0.2, 0) is 16.4 Å². The van der Waals surface area contributed by atoms with Gasteiger partial charge in [0.25, 0.3) is 0 Å². The minimum absolute atomic E-state index is 0.0688. The van der Waals surface area contributed by atoms with Crippen LogP contribution in [0.2, 0.25) is 0 Å².